The van der Waals surface area contributed by atoms with Crippen LogP contribution in [0, 0.1) is 0 Å². The van der Waals surface area contributed by atoms with Crippen LogP contribution in [0.15, 0.2) is 60.7 Å². The van der Waals surface area contributed by atoms with Crippen LogP contribution >= 0.6 is 12.4 Å². The van der Waals surface area contributed by atoms with Gasteiger partial charge in [-0.2, -0.15) is 0 Å². The summed E-state index contributed by atoms with van der Waals surface area (Å²) in [5.41, 5.74) is 3.97. The summed E-state index contributed by atoms with van der Waals surface area (Å²) in [6.45, 7) is 3.95. The summed E-state index contributed by atoms with van der Waals surface area (Å²) in [5.74, 6) is 0.122. The number of nitrogens with zero attached hydrogens (tertiary/aromatic N) is 3. The van der Waals surface area contributed by atoms with Gasteiger partial charge in [-0.15, -0.1) is 12.4 Å². The van der Waals surface area contributed by atoms with Crippen LogP contribution in [0.2, 0.25) is 0 Å². The molecule has 0 aliphatic carbocycles. The van der Waals surface area contributed by atoms with E-state index < -0.39 is 0 Å². The molecule has 3 heterocycles. The summed E-state index contributed by atoms with van der Waals surface area (Å²) in [6.07, 6.45) is 1.72. The molecule has 30 heavy (non-hydrogen) atoms. The third kappa shape index (κ3) is 3.93. The van der Waals surface area contributed by atoms with E-state index in [1.807, 2.05) is 41.3 Å². The Balaban J connectivity index is 0.00000218. The van der Waals surface area contributed by atoms with Gasteiger partial charge < -0.3 is 9.64 Å². The van der Waals surface area contributed by atoms with Crippen LogP contribution in [0.4, 0.5) is 0 Å². The Hall–Kier alpha value is -2.47. The molecule has 1 aromatic heterocycles. The highest BCUT2D eigenvalue weighted by molar-refractivity contribution is 5.99. The van der Waals surface area contributed by atoms with Gasteiger partial charge in [-0.3, -0.25) is 14.7 Å². The molecule has 1 saturated heterocycles. The smallest absolute Gasteiger partial charge is 0.255 e. The first-order chi connectivity index (χ1) is 14.3. The summed E-state index contributed by atoms with van der Waals surface area (Å²) in [4.78, 5) is 22.4. The largest absolute Gasteiger partial charge is 0.380 e. The first kappa shape index (κ1) is 20.8. The zero-order chi connectivity index (χ0) is 19.6. The Bertz CT molecular complexity index is 1030. The third-order valence-electron chi connectivity index (χ3n) is 5.89. The summed E-state index contributed by atoms with van der Waals surface area (Å²) >= 11 is 0. The maximum Gasteiger partial charge on any atom is 0.255 e. The molecule has 1 atom stereocenters. The standard InChI is InChI=1S/C24H25N3O2.ClH/c28-24-21-8-3-2-7-20(21)23(26-13-5-16-29-17-15-26)27(24)14-12-19-11-10-18-6-1-4-9-22(18)25-19;/h1-4,6-11,23H,5,12-17H2;1H. The van der Waals surface area contributed by atoms with E-state index in [2.05, 4.69) is 29.2 Å². The minimum atomic E-state index is -0.0131. The molecular weight excluding hydrogens is 398 g/mol. The summed E-state index contributed by atoms with van der Waals surface area (Å²) in [5, 5.41) is 1.14. The predicted octanol–water partition coefficient (Wildman–Crippen LogP) is 4.08. The average molecular weight is 424 g/mol. The number of hydrogen-bond donors (Lipinski definition) is 0. The van der Waals surface area contributed by atoms with Crippen molar-refractivity contribution in [3.8, 4) is 0 Å². The summed E-state index contributed by atoms with van der Waals surface area (Å²) in [6, 6.07) is 20.4. The molecule has 0 N–H and O–H groups in total. The van der Waals surface area contributed by atoms with E-state index in [0.717, 1.165) is 60.3 Å². The van der Waals surface area contributed by atoms with E-state index >= 15 is 0 Å². The van der Waals surface area contributed by atoms with Crippen LogP contribution in [-0.2, 0) is 11.2 Å². The molecule has 1 unspecified atom stereocenters. The third-order valence-corrected chi connectivity index (χ3v) is 5.89. The molecule has 5 rings (SSSR count). The molecule has 1 fully saturated rings. The van der Waals surface area contributed by atoms with Gasteiger partial charge in [0.2, 0.25) is 0 Å². The second kappa shape index (κ2) is 9.13. The number of halogens is 1. The molecule has 3 aromatic rings. The predicted molar refractivity (Wildman–Crippen MR) is 120 cm³/mol. The van der Waals surface area contributed by atoms with Gasteiger partial charge in [0.25, 0.3) is 5.91 Å². The Kier molecular flexibility index (Phi) is 6.32. The van der Waals surface area contributed by atoms with Crippen molar-refractivity contribution >= 4 is 29.2 Å². The summed E-state index contributed by atoms with van der Waals surface area (Å²) in [7, 11) is 0. The number of hydrogen-bond acceptors (Lipinski definition) is 4. The normalized spacial score (nSPS) is 19.4. The van der Waals surface area contributed by atoms with Crippen molar-refractivity contribution in [2.24, 2.45) is 0 Å². The number of para-hydroxylation sites is 1. The molecule has 0 radical (unpaired) electrons. The zero-order valence-corrected chi connectivity index (χ0v) is 17.7. The molecule has 0 spiro atoms. The maximum atomic E-state index is 13.2. The fourth-order valence-electron chi connectivity index (χ4n) is 4.46. The average Bonchev–Trinajstić information content (AvgIpc) is 2.92. The quantitative estimate of drug-likeness (QED) is 0.634. The van der Waals surface area contributed by atoms with Gasteiger partial charge in [-0.25, -0.2) is 0 Å². The van der Waals surface area contributed by atoms with Crippen molar-refractivity contribution < 1.29 is 9.53 Å². The van der Waals surface area contributed by atoms with Crippen LogP contribution in [0.3, 0.4) is 0 Å². The molecule has 2 aromatic carbocycles. The van der Waals surface area contributed by atoms with Crippen molar-refractivity contribution in [2.45, 2.75) is 19.0 Å². The minimum absolute atomic E-state index is 0. The van der Waals surface area contributed by atoms with E-state index in [0.29, 0.717) is 13.2 Å². The molecule has 2 aliphatic rings. The van der Waals surface area contributed by atoms with Crippen molar-refractivity contribution in [3.05, 3.63) is 77.5 Å². The second-order valence-electron chi connectivity index (χ2n) is 7.71. The zero-order valence-electron chi connectivity index (χ0n) is 16.9. The van der Waals surface area contributed by atoms with Gasteiger partial charge in [0, 0.05) is 54.9 Å². The number of amides is 1. The highest BCUT2D eigenvalue weighted by Gasteiger charge is 2.39. The number of benzene rings is 2. The van der Waals surface area contributed by atoms with Crippen LogP contribution in [0.1, 0.15) is 34.2 Å². The van der Waals surface area contributed by atoms with Crippen LogP contribution < -0.4 is 0 Å². The van der Waals surface area contributed by atoms with Crippen molar-refractivity contribution in [3.63, 3.8) is 0 Å². The number of carbonyl (C=O) groups is 1. The lowest BCUT2D eigenvalue weighted by Gasteiger charge is -2.34. The van der Waals surface area contributed by atoms with E-state index in [9.17, 15) is 4.79 Å². The molecule has 0 saturated carbocycles. The Labute approximate surface area is 183 Å². The molecule has 0 bridgehead atoms. The maximum absolute atomic E-state index is 13.2. The fourth-order valence-corrected chi connectivity index (χ4v) is 4.46. The van der Waals surface area contributed by atoms with E-state index in [1.165, 1.54) is 0 Å². The van der Waals surface area contributed by atoms with Crippen LogP contribution in [0.5, 0.6) is 0 Å². The van der Waals surface area contributed by atoms with Crippen molar-refractivity contribution in [2.75, 3.05) is 32.8 Å². The first-order valence-electron chi connectivity index (χ1n) is 10.4. The molecule has 2 aliphatic heterocycles. The number of carbonyl (C=O) groups excluding carboxylic acids is 1. The van der Waals surface area contributed by atoms with Crippen molar-refractivity contribution in [1.82, 2.24) is 14.8 Å². The summed E-state index contributed by atoms with van der Waals surface area (Å²) < 4.78 is 5.65. The molecule has 156 valence electrons. The molecule has 5 nitrogen and oxygen atoms in total. The van der Waals surface area contributed by atoms with Gasteiger partial charge in [-0.05, 0) is 24.6 Å². The van der Waals surface area contributed by atoms with Gasteiger partial charge in [0.05, 0.1) is 12.1 Å². The van der Waals surface area contributed by atoms with Crippen LogP contribution in [-0.4, -0.2) is 53.5 Å². The lowest BCUT2D eigenvalue weighted by Crippen LogP contribution is -2.42. The molecule has 1 amide bonds. The minimum Gasteiger partial charge on any atom is -0.380 e. The first-order valence-corrected chi connectivity index (χ1v) is 10.4. The fraction of sp³-hybridized carbons (Fsp3) is 0.333. The highest BCUT2D eigenvalue weighted by atomic mass is 35.5. The van der Waals surface area contributed by atoms with Gasteiger partial charge in [0.1, 0.15) is 6.17 Å². The topological polar surface area (TPSA) is 45.7 Å². The lowest BCUT2D eigenvalue weighted by atomic mass is 10.1. The van der Waals surface area contributed by atoms with Crippen molar-refractivity contribution in [1.29, 1.82) is 0 Å². The molecule has 6 heteroatoms. The van der Waals surface area contributed by atoms with Crippen LogP contribution in [0.25, 0.3) is 10.9 Å². The van der Waals surface area contributed by atoms with Gasteiger partial charge in [0.15, 0.2) is 0 Å². The van der Waals surface area contributed by atoms with E-state index in [4.69, 9.17) is 9.72 Å². The second-order valence-corrected chi connectivity index (χ2v) is 7.71. The Morgan fingerprint density at radius 3 is 2.73 bits per heavy atom. The lowest BCUT2D eigenvalue weighted by molar-refractivity contribution is 0.0381. The number of rotatable bonds is 4. The number of pyridine rings is 1. The Morgan fingerprint density at radius 2 is 1.80 bits per heavy atom. The highest BCUT2D eigenvalue weighted by Crippen LogP contribution is 2.36. The Morgan fingerprint density at radius 1 is 0.967 bits per heavy atom. The SMILES string of the molecule is Cl.O=C1c2ccccc2C(N2CCCOCC2)N1CCc1ccc2ccccc2n1. The number of ether oxygens (including phenoxy) is 1. The monoisotopic (exact) mass is 423 g/mol. The van der Waals surface area contributed by atoms with E-state index in [-0.39, 0.29) is 24.5 Å². The number of aromatic nitrogens is 1. The van der Waals surface area contributed by atoms with Gasteiger partial charge >= 0.3 is 0 Å². The van der Waals surface area contributed by atoms with Gasteiger partial charge in [-0.1, -0.05) is 42.5 Å². The number of fused-ring (bicyclic) bond motifs is 2. The van der Waals surface area contributed by atoms with E-state index in [1.54, 1.807) is 0 Å². The molecular formula is C24H26ClN3O2.